The van der Waals surface area contributed by atoms with Crippen molar-refractivity contribution >= 4 is 50.6 Å². The van der Waals surface area contributed by atoms with E-state index in [0.29, 0.717) is 13.6 Å². The summed E-state index contributed by atoms with van der Waals surface area (Å²) in [7, 11) is 0. The molecule has 0 bridgehead atoms. The summed E-state index contributed by atoms with van der Waals surface area (Å²) < 4.78 is 6.11. The van der Waals surface area contributed by atoms with E-state index in [4.69, 9.17) is 4.74 Å². The SMILES string of the molecule is CC(C)(C)OC(=O)NC(Cc1cc(Br)c(O)c(I)c1)C(=O)O. The van der Waals surface area contributed by atoms with Crippen LogP contribution in [0.25, 0.3) is 0 Å². The van der Waals surface area contributed by atoms with Gasteiger partial charge in [-0.05, 0) is 77.0 Å². The predicted molar refractivity (Wildman–Crippen MR) is 93.0 cm³/mol. The van der Waals surface area contributed by atoms with Crippen molar-refractivity contribution in [2.45, 2.75) is 38.8 Å². The quantitative estimate of drug-likeness (QED) is 0.569. The summed E-state index contributed by atoms with van der Waals surface area (Å²) in [4.78, 5) is 23.0. The van der Waals surface area contributed by atoms with Gasteiger partial charge in [0.1, 0.15) is 17.4 Å². The lowest BCUT2D eigenvalue weighted by molar-refractivity contribution is -0.139. The number of carboxylic acids is 1. The molecule has 8 heteroatoms. The second kappa shape index (κ2) is 7.49. The maximum Gasteiger partial charge on any atom is 0.408 e. The number of aliphatic carboxylic acids is 1. The van der Waals surface area contributed by atoms with Gasteiger partial charge in [-0.25, -0.2) is 9.59 Å². The van der Waals surface area contributed by atoms with E-state index in [1.165, 1.54) is 0 Å². The van der Waals surface area contributed by atoms with E-state index in [1.54, 1.807) is 32.9 Å². The fraction of sp³-hybridized carbons (Fsp3) is 0.429. The maximum atomic E-state index is 11.7. The molecule has 1 unspecified atom stereocenters. The van der Waals surface area contributed by atoms with Gasteiger partial charge < -0.3 is 20.3 Å². The summed E-state index contributed by atoms with van der Waals surface area (Å²) in [6, 6.07) is 2.15. The van der Waals surface area contributed by atoms with Gasteiger partial charge in [-0.2, -0.15) is 0 Å². The molecule has 1 rings (SSSR count). The minimum Gasteiger partial charge on any atom is -0.506 e. The molecule has 122 valence electrons. The molecule has 0 spiro atoms. The van der Waals surface area contributed by atoms with Gasteiger partial charge in [0, 0.05) is 6.42 Å². The number of amides is 1. The van der Waals surface area contributed by atoms with Crippen LogP contribution in [0.1, 0.15) is 26.3 Å². The molecule has 0 aliphatic heterocycles. The lowest BCUT2D eigenvalue weighted by Crippen LogP contribution is -2.44. The third-order valence-electron chi connectivity index (χ3n) is 2.51. The van der Waals surface area contributed by atoms with Gasteiger partial charge in [-0.3, -0.25) is 0 Å². The minimum absolute atomic E-state index is 0.0729. The van der Waals surface area contributed by atoms with Crippen LogP contribution in [0.4, 0.5) is 4.79 Å². The van der Waals surface area contributed by atoms with Gasteiger partial charge >= 0.3 is 12.1 Å². The van der Waals surface area contributed by atoms with Crippen LogP contribution < -0.4 is 5.32 Å². The van der Waals surface area contributed by atoms with Crippen molar-refractivity contribution in [2.75, 3.05) is 0 Å². The molecule has 0 fully saturated rings. The van der Waals surface area contributed by atoms with E-state index < -0.39 is 23.7 Å². The fourth-order valence-corrected chi connectivity index (χ4v) is 3.19. The molecule has 0 radical (unpaired) electrons. The van der Waals surface area contributed by atoms with E-state index >= 15 is 0 Å². The number of carbonyl (C=O) groups excluding carboxylic acids is 1. The van der Waals surface area contributed by atoms with Gasteiger partial charge in [0.25, 0.3) is 0 Å². The number of hydrogen-bond donors (Lipinski definition) is 3. The summed E-state index contributed by atoms with van der Waals surface area (Å²) in [5, 5.41) is 21.3. The van der Waals surface area contributed by atoms with E-state index in [0.717, 1.165) is 0 Å². The molecule has 1 aromatic carbocycles. The van der Waals surface area contributed by atoms with Crippen LogP contribution >= 0.6 is 38.5 Å². The summed E-state index contributed by atoms with van der Waals surface area (Å²) in [6.45, 7) is 5.09. The average molecular weight is 486 g/mol. The lowest BCUT2D eigenvalue weighted by Gasteiger charge is -2.22. The molecule has 3 N–H and O–H groups in total. The zero-order valence-corrected chi connectivity index (χ0v) is 16.1. The van der Waals surface area contributed by atoms with Gasteiger partial charge in [0.05, 0.1) is 8.04 Å². The normalized spacial score (nSPS) is 12.6. The number of carboxylic acid groups (broad SMARTS) is 1. The van der Waals surface area contributed by atoms with E-state index in [-0.39, 0.29) is 12.2 Å². The van der Waals surface area contributed by atoms with Crippen LogP contribution in [0.3, 0.4) is 0 Å². The van der Waals surface area contributed by atoms with Crippen LogP contribution in [0.5, 0.6) is 5.75 Å². The fourth-order valence-electron chi connectivity index (χ4n) is 1.62. The Morgan fingerprint density at radius 3 is 2.45 bits per heavy atom. The van der Waals surface area contributed by atoms with Crippen molar-refractivity contribution in [3.8, 4) is 5.75 Å². The topological polar surface area (TPSA) is 95.9 Å². The number of hydrogen-bond acceptors (Lipinski definition) is 4. The number of phenolic OH excluding ortho intramolecular Hbond substituents is 1. The van der Waals surface area contributed by atoms with Crippen molar-refractivity contribution < 1.29 is 24.5 Å². The Kier molecular flexibility index (Phi) is 6.48. The number of rotatable bonds is 4. The number of alkyl carbamates (subject to hydrolysis) is 1. The summed E-state index contributed by atoms with van der Waals surface area (Å²) in [6.07, 6.45) is -0.712. The summed E-state index contributed by atoms with van der Waals surface area (Å²) in [5.74, 6) is -1.07. The number of benzene rings is 1. The molecule has 1 amide bonds. The van der Waals surface area contributed by atoms with Crippen molar-refractivity contribution in [3.63, 3.8) is 0 Å². The summed E-state index contributed by atoms with van der Waals surface area (Å²) in [5.41, 5.74) is -0.0399. The Morgan fingerprint density at radius 1 is 1.41 bits per heavy atom. The highest BCUT2D eigenvalue weighted by molar-refractivity contribution is 14.1. The van der Waals surface area contributed by atoms with Crippen LogP contribution in [-0.4, -0.2) is 33.9 Å². The molecule has 0 saturated carbocycles. The number of aromatic hydroxyl groups is 1. The molecular formula is C14H17BrINO5. The van der Waals surface area contributed by atoms with Crippen molar-refractivity contribution in [1.29, 1.82) is 0 Å². The Bertz CT molecular complexity index is 562. The molecular weight excluding hydrogens is 469 g/mol. The molecule has 22 heavy (non-hydrogen) atoms. The van der Waals surface area contributed by atoms with Gasteiger partial charge in [0.2, 0.25) is 0 Å². The zero-order valence-electron chi connectivity index (χ0n) is 12.3. The van der Waals surface area contributed by atoms with E-state index in [1.807, 2.05) is 22.6 Å². The van der Waals surface area contributed by atoms with Gasteiger partial charge in [0.15, 0.2) is 0 Å². The first-order valence-corrected chi connectivity index (χ1v) is 8.26. The standard InChI is InChI=1S/C14H17BrINO5/c1-14(2,3)22-13(21)17-10(12(19)20)6-7-4-8(15)11(18)9(16)5-7/h4-5,10,18H,6H2,1-3H3,(H,17,21)(H,19,20). The van der Waals surface area contributed by atoms with E-state index in [2.05, 4.69) is 21.2 Å². The second-order valence-corrected chi connectivity index (χ2v) is 7.67. The first-order valence-electron chi connectivity index (χ1n) is 6.39. The van der Waals surface area contributed by atoms with Crippen LogP contribution in [0.15, 0.2) is 16.6 Å². The van der Waals surface area contributed by atoms with Crippen LogP contribution in [-0.2, 0) is 16.0 Å². The van der Waals surface area contributed by atoms with Crippen molar-refractivity contribution in [1.82, 2.24) is 5.32 Å². The smallest absolute Gasteiger partial charge is 0.408 e. The van der Waals surface area contributed by atoms with Gasteiger partial charge in [-0.15, -0.1) is 0 Å². The highest BCUT2D eigenvalue weighted by Gasteiger charge is 2.24. The second-order valence-electron chi connectivity index (χ2n) is 5.65. The molecule has 6 nitrogen and oxygen atoms in total. The highest BCUT2D eigenvalue weighted by atomic mass is 127. The number of nitrogens with one attached hydrogen (secondary N) is 1. The third kappa shape index (κ3) is 5.99. The molecule has 0 aliphatic rings. The van der Waals surface area contributed by atoms with Gasteiger partial charge in [-0.1, -0.05) is 0 Å². The first-order chi connectivity index (χ1) is 9.99. The lowest BCUT2D eigenvalue weighted by atomic mass is 10.1. The average Bonchev–Trinajstić information content (AvgIpc) is 2.32. The molecule has 1 atom stereocenters. The van der Waals surface area contributed by atoms with Crippen molar-refractivity contribution in [3.05, 3.63) is 25.7 Å². The minimum atomic E-state index is -1.16. The number of carbonyl (C=O) groups is 2. The maximum absolute atomic E-state index is 11.7. The predicted octanol–water partition coefficient (Wildman–Crippen LogP) is 3.28. The molecule has 0 aliphatic carbocycles. The molecule has 0 aromatic heterocycles. The third-order valence-corrected chi connectivity index (χ3v) is 3.93. The Morgan fingerprint density at radius 2 is 2.00 bits per heavy atom. The molecule has 1 aromatic rings. The monoisotopic (exact) mass is 485 g/mol. The number of phenols is 1. The largest absolute Gasteiger partial charge is 0.506 e. The Balaban J connectivity index is 2.85. The van der Waals surface area contributed by atoms with Crippen LogP contribution in [0, 0.1) is 3.57 Å². The Labute approximate surface area is 150 Å². The summed E-state index contributed by atoms with van der Waals surface area (Å²) >= 11 is 5.14. The molecule has 0 saturated heterocycles. The zero-order chi connectivity index (χ0) is 17.1. The Hall–Kier alpha value is -1.03. The van der Waals surface area contributed by atoms with Crippen molar-refractivity contribution in [2.24, 2.45) is 0 Å². The number of halogens is 2. The molecule has 0 heterocycles. The van der Waals surface area contributed by atoms with Crippen LogP contribution in [0.2, 0.25) is 0 Å². The first kappa shape index (κ1) is 19.0. The highest BCUT2D eigenvalue weighted by Crippen LogP contribution is 2.30. The van der Waals surface area contributed by atoms with E-state index in [9.17, 15) is 19.8 Å². The number of ether oxygens (including phenoxy) is 1.